The number of imidazole rings is 1. The maximum Gasteiger partial charge on any atom is 0.312 e. The average Bonchev–Trinajstić information content (AvgIpc) is 3.56. The van der Waals surface area contributed by atoms with Crippen molar-refractivity contribution in [1.29, 1.82) is 0 Å². The van der Waals surface area contributed by atoms with Crippen LogP contribution in [0.4, 0.5) is 13.2 Å². The predicted octanol–water partition coefficient (Wildman–Crippen LogP) is 3.81. The van der Waals surface area contributed by atoms with Gasteiger partial charge < -0.3 is 18.7 Å². The Balaban J connectivity index is 1.39. The molecular weight excluding hydrogens is 453 g/mol. The molecule has 0 saturated heterocycles. The molecule has 6 rings (SSSR count). The lowest BCUT2D eigenvalue weighted by atomic mass is 10.0. The molecule has 0 aliphatic carbocycles. The van der Waals surface area contributed by atoms with Gasteiger partial charge in [0.25, 0.3) is 5.89 Å². The second kappa shape index (κ2) is 7.54. The zero-order valence-electron chi connectivity index (χ0n) is 17.1. The van der Waals surface area contributed by atoms with Gasteiger partial charge in [-0.15, -0.1) is 10.2 Å². The Bertz CT molecular complexity index is 1560. The van der Waals surface area contributed by atoms with Gasteiger partial charge in [-0.25, -0.2) is 23.1 Å². The standard InChI is InChI=1S/C22H13F3N6O3/c23-10-1-3-12(13(25)7-10)19-29-30-21(34-19)22(32)31-6-5-14-17(27-9-26-14)18(31)20-28-15-8-11(24)2-4-16(15)33-20/h1-4,7-9,18H,5-6H2,(H,26,27)/t18-/m0/s1. The summed E-state index contributed by atoms with van der Waals surface area (Å²) in [6.45, 7) is 0.231. The molecule has 12 heteroatoms. The molecule has 1 aliphatic heterocycles. The van der Waals surface area contributed by atoms with Crippen LogP contribution in [-0.2, 0) is 6.42 Å². The highest BCUT2D eigenvalue weighted by Crippen LogP contribution is 2.35. The molecule has 34 heavy (non-hydrogen) atoms. The number of halogens is 3. The van der Waals surface area contributed by atoms with Crippen molar-refractivity contribution in [3.05, 3.63) is 83.3 Å². The number of aromatic nitrogens is 5. The van der Waals surface area contributed by atoms with E-state index in [1.165, 1.54) is 29.4 Å². The van der Waals surface area contributed by atoms with Gasteiger partial charge in [0.2, 0.25) is 5.89 Å². The first-order valence-electron chi connectivity index (χ1n) is 10.2. The van der Waals surface area contributed by atoms with Crippen molar-refractivity contribution < 1.29 is 26.8 Å². The van der Waals surface area contributed by atoms with Crippen LogP contribution in [0, 0.1) is 17.5 Å². The molecule has 1 aliphatic rings. The molecule has 1 amide bonds. The normalized spacial score (nSPS) is 15.6. The molecule has 0 saturated carbocycles. The minimum atomic E-state index is -0.904. The van der Waals surface area contributed by atoms with Crippen LogP contribution in [-0.4, -0.2) is 42.5 Å². The highest BCUT2D eigenvalue weighted by atomic mass is 19.1. The number of fused-ring (bicyclic) bond motifs is 2. The number of hydrogen-bond acceptors (Lipinski definition) is 7. The van der Waals surface area contributed by atoms with E-state index >= 15 is 0 Å². The summed E-state index contributed by atoms with van der Waals surface area (Å²) in [5.41, 5.74) is 1.80. The lowest BCUT2D eigenvalue weighted by Gasteiger charge is -2.31. The Morgan fingerprint density at radius 1 is 1.06 bits per heavy atom. The molecule has 0 spiro atoms. The topological polar surface area (TPSA) is 114 Å². The number of nitrogens with one attached hydrogen (secondary N) is 1. The van der Waals surface area contributed by atoms with Crippen LogP contribution in [0.5, 0.6) is 0 Å². The lowest BCUT2D eigenvalue weighted by molar-refractivity contribution is 0.0627. The number of carbonyl (C=O) groups excluding carboxylic acids is 1. The minimum absolute atomic E-state index is 0.131. The maximum absolute atomic E-state index is 14.1. The summed E-state index contributed by atoms with van der Waals surface area (Å²) in [6, 6.07) is 5.93. The SMILES string of the molecule is O=C(c1nnc(-c2ccc(F)cc2F)o1)N1CCc2[nH]cnc2[C@H]1c1nc2cc(F)ccc2o1. The van der Waals surface area contributed by atoms with Crippen molar-refractivity contribution in [2.75, 3.05) is 6.54 Å². The summed E-state index contributed by atoms with van der Waals surface area (Å²) in [6.07, 6.45) is 1.95. The Kier molecular flexibility index (Phi) is 4.47. The zero-order valence-corrected chi connectivity index (χ0v) is 17.1. The first kappa shape index (κ1) is 20.1. The molecule has 0 bridgehead atoms. The largest absolute Gasteiger partial charge is 0.438 e. The lowest BCUT2D eigenvalue weighted by Crippen LogP contribution is -2.41. The van der Waals surface area contributed by atoms with Crippen LogP contribution in [0.2, 0.25) is 0 Å². The summed E-state index contributed by atoms with van der Waals surface area (Å²) in [4.78, 5) is 26.5. The number of oxazole rings is 1. The van der Waals surface area contributed by atoms with Gasteiger partial charge in [-0.1, -0.05) is 0 Å². The molecule has 0 radical (unpaired) electrons. The van der Waals surface area contributed by atoms with Gasteiger partial charge in [0, 0.05) is 30.8 Å². The van der Waals surface area contributed by atoms with E-state index in [0.717, 1.165) is 17.8 Å². The van der Waals surface area contributed by atoms with E-state index in [4.69, 9.17) is 8.83 Å². The summed E-state index contributed by atoms with van der Waals surface area (Å²) in [5.74, 6) is -3.34. The van der Waals surface area contributed by atoms with E-state index in [1.54, 1.807) is 0 Å². The Labute approximate surface area is 188 Å². The Hall–Kier alpha value is -4.48. The number of rotatable bonds is 3. The average molecular weight is 466 g/mol. The quantitative estimate of drug-likeness (QED) is 0.430. The molecule has 3 aromatic heterocycles. The number of aromatic amines is 1. The van der Waals surface area contributed by atoms with E-state index in [-0.39, 0.29) is 29.4 Å². The fourth-order valence-electron chi connectivity index (χ4n) is 3.99. The van der Waals surface area contributed by atoms with E-state index in [0.29, 0.717) is 23.8 Å². The van der Waals surface area contributed by atoms with E-state index in [1.807, 2.05) is 0 Å². The van der Waals surface area contributed by atoms with Gasteiger partial charge in [-0.05, 0) is 24.3 Å². The molecule has 5 aromatic rings. The van der Waals surface area contributed by atoms with Gasteiger partial charge in [0.1, 0.15) is 23.0 Å². The molecule has 0 fully saturated rings. The van der Waals surface area contributed by atoms with Crippen molar-refractivity contribution >= 4 is 17.0 Å². The van der Waals surface area contributed by atoms with Gasteiger partial charge >= 0.3 is 11.8 Å². The molecule has 4 heterocycles. The molecule has 170 valence electrons. The van der Waals surface area contributed by atoms with Crippen molar-refractivity contribution in [2.45, 2.75) is 12.5 Å². The second-order valence-corrected chi connectivity index (χ2v) is 7.62. The molecule has 1 atom stereocenters. The summed E-state index contributed by atoms with van der Waals surface area (Å²) in [7, 11) is 0. The van der Waals surface area contributed by atoms with Crippen LogP contribution in [0.25, 0.3) is 22.6 Å². The van der Waals surface area contributed by atoms with Crippen molar-refractivity contribution in [3.63, 3.8) is 0 Å². The third kappa shape index (κ3) is 3.22. The minimum Gasteiger partial charge on any atom is -0.438 e. The van der Waals surface area contributed by atoms with Gasteiger partial charge in [-0.3, -0.25) is 4.79 Å². The van der Waals surface area contributed by atoms with Crippen LogP contribution in [0.15, 0.2) is 51.6 Å². The highest BCUT2D eigenvalue weighted by Gasteiger charge is 2.39. The number of H-pyrrole nitrogens is 1. The number of carbonyl (C=O) groups is 1. The molecular formula is C22H13F3N6O3. The van der Waals surface area contributed by atoms with Crippen molar-refractivity contribution in [3.8, 4) is 11.5 Å². The summed E-state index contributed by atoms with van der Waals surface area (Å²) >= 11 is 0. The van der Waals surface area contributed by atoms with Gasteiger partial charge in [0.05, 0.1) is 17.6 Å². The van der Waals surface area contributed by atoms with Crippen LogP contribution < -0.4 is 0 Å². The number of nitrogens with zero attached hydrogens (tertiary/aromatic N) is 5. The fraction of sp³-hybridized carbons (Fsp3) is 0.136. The van der Waals surface area contributed by atoms with Crippen LogP contribution >= 0.6 is 0 Å². The number of amides is 1. The number of benzene rings is 2. The zero-order chi connectivity index (χ0) is 23.4. The fourth-order valence-corrected chi connectivity index (χ4v) is 3.99. The third-order valence-electron chi connectivity index (χ3n) is 5.56. The summed E-state index contributed by atoms with van der Waals surface area (Å²) in [5, 5.41) is 7.50. The van der Waals surface area contributed by atoms with Crippen molar-refractivity contribution in [2.24, 2.45) is 0 Å². The second-order valence-electron chi connectivity index (χ2n) is 7.62. The first-order valence-corrected chi connectivity index (χ1v) is 10.2. The Morgan fingerprint density at radius 2 is 1.88 bits per heavy atom. The maximum atomic E-state index is 14.1. The van der Waals surface area contributed by atoms with E-state index < -0.39 is 35.3 Å². The number of hydrogen-bond donors (Lipinski definition) is 1. The molecule has 2 aromatic carbocycles. The van der Waals surface area contributed by atoms with Gasteiger partial charge in [0.15, 0.2) is 11.6 Å². The molecule has 9 nitrogen and oxygen atoms in total. The van der Waals surface area contributed by atoms with Gasteiger partial charge in [-0.2, -0.15) is 0 Å². The molecule has 0 unspecified atom stereocenters. The van der Waals surface area contributed by atoms with E-state index in [9.17, 15) is 18.0 Å². The van der Waals surface area contributed by atoms with Crippen LogP contribution in [0.1, 0.15) is 34.0 Å². The van der Waals surface area contributed by atoms with E-state index in [2.05, 4.69) is 25.1 Å². The summed E-state index contributed by atoms with van der Waals surface area (Å²) < 4.78 is 52.3. The molecule has 1 N–H and O–H groups in total. The first-order chi connectivity index (χ1) is 16.5. The smallest absolute Gasteiger partial charge is 0.312 e. The highest BCUT2D eigenvalue weighted by molar-refractivity contribution is 5.90. The monoisotopic (exact) mass is 466 g/mol. The third-order valence-corrected chi connectivity index (χ3v) is 5.56. The van der Waals surface area contributed by atoms with Crippen molar-refractivity contribution in [1.82, 2.24) is 30.0 Å². The Morgan fingerprint density at radius 3 is 2.74 bits per heavy atom. The van der Waals surface area contributed by atoms with Crippen LogP contribution in [0.3, 0.4) is 0 Å². The predicted molar refractivity (Wildman–Crippen MR) is 109 cm³/mol.